The first-order chi connectivity index (χ1) is 5.22. The molecule has 0 aromatic carbocycles. The molecule has 0 aliphatic rings. The molecule has 0 amide bonds. The van der Waals surface area contributed by atoms with E-state index in [1.807, 2.05) is 14.1 Å². The summed E-state index contributed by atoms with van der Waals surface area (Å²) >= 11 is 5.85. The zero-order valence-corrected chi connectivity index (χ0v) is 8.45. The molecule has 2 nitrogen and oxygen atoms in total. The standard InChI is InChI=1S/C7H12N2S2/c1-9(2)3-7-8-6(4-10)5-11-7/h5,10H,3-4H2,1-2H3. The van der Waals surface area contributed by atoms with Gasteiger partial charge in [-0.25, -0.2) is 4.98 Å². The van der Waals surface area contributed by atoms with Gasteiger partial charge in [0.15, 0.2) is 0 Å². The van der Waals surface area contributed by atoms with Crippen LogP contribution in [0.4, 0.5) is 0 Å². The third-order valence-electron chi connectivity index (χ3n) is 1.21. The van der Waals surface area contributed by atoms with Gasteiger partial charge in [0.1, 0.15) is 5.01 Å². The van der Waals surface area contributed by atoms with E-state index in [0.717, 1.165) is 18.0 Å². The van der Waals surface area contributed by atoms with Crippen LogP contribution in [0.3, 0.4) is 0 Å². The van der Waals surface area contributed by atoms with Crippen LogP contribution in [-0.2, 0) is 12.3 Å². The summed E-state index contributed by atoms with van der Waals surface area (Å²) in [6.45, 7) is 0.929. The number of hydrogen-bond donors (Lipinski definition) is 1. The van der Waals surface area contributed by atoms with Crippen LogP contribution in [-0.4, -0.2) is 24.0 Å². The third-order valence-corrected chi connectivity index (χ3v) is 2.42. The third kappa shape index (κ3) is 2.81. The maximum atomic E-state index is 4.37. The average Bonchev–Trinajstić information content (AvgIpc) is 2.34. The van der Waals surface area contributed by atoms with Gasteiger partial charge in [0, 0.05) is 17.7 Å². The molecule has 62 valence electrons. The number of aromatic nitrogens is 1. The molecule has 0 aliphatic carbocycles. The monoisotopic (exact) mass is 188 g/mol. The molecule has 0 spiro atoms. The van der Waals surface area contributed by atoms with E-state index in [1.165, 1.54) is 5.01 Å². The zero-order valence-electron chi connectivity index (χ0n) is 6.74. The molecule has 1 rings (SSSR count). The Morgan fingerprint density at radius 2 is 2.36 bits per heavy atom. The van der Waals surface area contributed by atoms with Gasteiger partial charge in [-0.15, -0.1) is 11.3 Å². The van der Waals surface area contributed by atoms with Gasteiger partial charge in [0.25, 0.3) is 0 Å². The fourth-order valence-electron chi connectivity index (χ4n) is 0.765. The number of rotatable bonds is 3. The molecular weight excluding hydrogens is 176 g/mol. The Morgan fingerprint density at radius 3 is 2.82 bits per heavy atom. The topological polar surface area (TPSA) is 16.1 Å². The normalized spacial score (nSPS) is 10.9. The van der Waals surface area contributed by atoms with Crippen molar-refractivity contribution in [2.24, 2.45) is 0 Å². The molecule has 4 heteroatoms. The summed E-state index contributed by atoms with van der Waals surface area (Å²) in [6.07, 6.45) is 0. The molecule has 11 heavy (non-hydrogen) atoms. The molecule has 0 N–H and O–H groups in total. The van der Waals surface area contributed by atoms with Crippen molar-refractivity contribution in [2.45, 2.75) is 12.3 Å². The van der Waals surface area contributed by atoms with E-state index in [9.17, 15) is 0 Å². The van der Waals surface area contributed by atoms with Crippen LogP contribution in [0, 0.1) is 0 Å². The maximum absolute atomic E-state index is 4.37. The molecule has 1 heterocycles. The highest BCUT2D eigenvalue weighted by molar-refractivity contribution is 7.79. The molecular formula is C7H12N2S2. The summed E-state index contributed by atoms with van der Waals surface area (Å²) in [7, 11) is 4.09. The average molecular weight is 188 g/mol. The number of hydrogen-bond acceptors (Lipinski definition) is 4. The highest BCUT2D eigenvalue weighted by Gasteiger charge is 2.00. The van der Waals surface area contributed by atoms with E-state index in [2.05, 4.69) is 27.9 Å². The highest BCUT2D eigenvalue weighted by atomic mass is 32.1. The van der Waals surface area contributed by atoms with Gasteiger partial charge in [-0.2, -0.15) is 12.6 Å². The fourth-order valence-corrected chi connectivity index (χ4v) is 1.96. The second kappa shape index (κ2) is 4.09. The number of thiazole rings is 1. The fraction of sp³-hybridized carbons (Fsp3) is 0.571. The summed E-state index contributed by atoms with van der Waals surface area (Å²) < 4.78 is 0. The van der Waals surface area contributed by atoms with E-state index in [1.54, 1.807) is 11.3 Å². The second-order valence-electron chi connectivity index (χ2n) is 2.63. The lowest BCUT2D eigenvalue weighted by atomic mass is 10.5. The predicted molar refractivity (Wildman–Crippen MR) is 52.2 cm³/mol. The van der Waals surface area contributed by atoms with Gasteiger partial charge in [0.05, 0.1) is 5.69 Å². The molecule has 0 fully saturated rings. The van der Waals surface area contributed by atoms with Crippen LogP contribution in [0.5, 0.6) is 0 Å². The second-order valence-corrected chi connectivity index (χ2v) is 3.89. The summed E-state index contributed by atoms with van der Waals surface area (Å²) in [5.74, 6) is 0.740. The summed E-state index contributed by atoms with van der Waals surface area (Å²) in [5, 5.41) is 3.23. The van der Waals surface area contributed by atoms with Gasteiger partial charge in [-0.3, -0.25) is 0 Å². The molecule has 1 aromatic rings. The lowest BCUT2D eigenvalue weighted by Crippen LogP contribution is -2.10. The molecule has 0 bridgehead atoms. The van der Waals surface area contributed by atoms with E-state index in [0.29, 0.717) is 0 Å². The SMILES string of the molecule is CN(C)Cc1nc(CS)cs1. The summed E-state index contributed by atoms with van der Waals surface area (Å²) in [5.41, 5.74) is 1.08. The van der Waals surface area contributed by atoms with Gasteiger partial charge < -0.3 is 4.90 Å². The molecule has 0 saturated heterocycles. The van der Waals surface area contributed by atoms with Crippen molar-refractivity contribution < 1.29 is 0 Å². The minimum absolute atomic E-state index is 0.740. The lowest BCUT2D eigenvalue weighted by Gasteiger charge is -2.04. The first-order valence-corrected chi connectivity index (χ1v) is 4.92. The van der Waals surface area contributed by atoms with E-state index in [-0.39, 0.29) is 0 Å². The van der Waals surface area contributed by atoms with Crippen molar-refractivity contribution in [3.8, 4) is 0 Å². The van der Waals surface area contributed by atoms with Crippen molar-refractivity contribution in [1.29, 1.82) is 0 Å². The van der Waals surface area contributed by atoms with Crippen molar-refractivity contribution in [2.75, 3.05) is 14.1 Å². The minimum atomic E-state index is 0.740. The van der Waals surface area contributed by atoms with E-state index >= 15 is 0 Å². The van der Waals surface area contributed by atoms with Crippen LogP contribution in [0.25, 0.3) is 0 Å². The molecule has 0 unspecified atom stereocenters. The molecule has 1 aromatic heterocycles. The van der Waals surface area contributed by atoms with Crippen molar-refractivity contribution in [1.82, 2.24) is 9.88 Å². The van der Waals surface area contributed by atoms with E-state index < -0.39 is 0 Å². The number of thiol groups is 1. The van der Waals surface area contributed by atoms with Gasteiger partial charge >= 0.3 is 0 Å². The van der Waals surface area contributed by atoms with Crippen LogP contribution in [0.15, 0.2) is 5.38 Å². The molecule has 0 atom stereocenters. The molecule has 0 radical (unpaired) electrons. The Balaban J connectivity index is 2.58. The van der Waals surface area contributed by atoms with Crippen LogP contribution in [0.1, 0.15) is 10.7 Å². The van der Waals surface area contributed by atoms with Crippen molar-refractivity contribution in [3.63, 3.8) is 0 Å². The summed E-state index contributed by atoms with van der Waals surface area (Å²) in [4.78, 5) is 6.48. The van der Waals surface area contributed by atoms with Crippen LogP contribution in [0.2, 0.25) is 0 Å². The number of nitrogens with zero attached hydrogens (tertiary/aromatic N) is 2. The summed E-state index contributed by atoms with van der Waals surface area (Å²) in [6, 6.07) is 0. The first-order valence-electron chi connectivity index (χ1n) is 3.41. The Morgan fingerprint density at radius 1 is 1.64 bits per heavy atom. The smallest absolute Gasteiger partial charge is 0.107 e. The predicted octanol–water partition coefficient (Wildman–Crippen LogP) is 1.63. The molecule has 0 aliphatic heterocycles. The van der Waals surface area contributed by atoms with Gasteiger partial charge in [-0.05, 0) is 14.1 Å². The van der Waals surface area contributed by atoms with E-state index in [4.69, 9.17) is 0 Å². The largest absolute Gasteiger partial charge is 0.303 e. The minimum Gasteiger partial charge on any atom is -0.303 e. The highest BCUT2D eigenvalue weighted by Crippen LogP contribution is 2.12. The maximum Gasteiger partial charge on any atom is 0.107 e. The Labute approximate surface area is 76.7 Å². The van der Waals surface area contributed by atoms with Gasteiger partial charge in [0.2, 0.25) is 0 Å². The first kappa shape index (κ1) is 9.03. The van der Waals surface area contributed by atoms with Crippen LogP contribution < -0.4 is 0 Å². The zero-order chi connectivity index (χ0) is 8.27. The van der Waals surface area contributed by atoms with Crippen molar-refractivity contribution in [3.05, 3.63) is 16.1 Å². The lowest BCUT2D eigenvalue weighted by molar-refractivity contribution is 0.401. The molecule has 0 saturated carbocycles. The Hall–Kier alpha value is -0.0600. The Bertz CT molecular complexity index is 220. The Kier molecular flexibility index (Phi) is 3.36. The van der Waals surface area contributed by atoms with Crippen molar-refractivity contribution >= 4 is 24.0 Å². The quantitative estimate of drug-likeness (QED) is 0.726. The van der Waals surface area contributed by atoms with Crippen LogP contribution >= 0.6 is 24.0 Å². The van der Waals surface area contributed by atoms with Gasteiger partial charge in [-0.1, -0.05) is 0 Å².